The lowest BCUT2D eigenvalue weighted by molar-refractivity contribution is -0.122. The number of amides is 1. The number of carbonyl (C=O) groups is 1. The first kappa shape index (κ1) is 18.5. The van der Waals surface area contributed by atoms with Gasteiger partial charge in [-0.3, -0.25) is 4.79 Å². The highest BCUT2D eigenvalue weighted by atomic mass is 16.5. The van der Waals surface area contributed by atoms with E-state index in [1.165, 1.54) is 0 Å². The van der Waals surface area contributed by atoms with Gasteiger partial charge in [-0.2, -0.15) is 0 Å². The maximum absolute atomic E-state index is 12.7. The Morgan fingerprint density at radius 2 is 2.00 bits per heavy atom. The molecule has 0 spiro atoms. The summed E-state index contributed by atoms with van der Waals surface area (Å²) in [5.41, 5.74) is 1.82. The highest BCUT2D eigenvalue weighted by Crippen LogP contribution is 2.18. The van der Waals surface area contributed by atoms with E-state index < -0.39 is 0 Å². The Morgan fingerprint density at radius 3 is 2.82 bits per heavy atom. The minimum Gasteiger partial charge on any atom is -0.486 e. The van der Waals surface area contributed by atoms with E-state index >= 15 is 0 Å². The Hall–Kier alpha value is -2.86. The maximum atomic E-state index is 12.7. The lowest BCUT2D eigenvalue weighted by Gasteiger charge is -2.28. The molecule has 1 fully saturated rings. The lowest BCUT2D eigenvalue weighted by Crippen LogP contribution is -2.47. The van der Waals surface area contributed by atoms with Gasteiger partial charge < -0.3 is 19.9 Å². The minimum absolute atomic E-state index is 0.0169. The fourth-order valence-corrected chi connectivity index (χ4v) is 3.76. The standard InChI is InChI=1S/C22H26N4O2/c1-16-13-17(11-12-23-16)24-22(27)14-26-20-10-6-5-9-19(20)25-21(26)15-28-18-7-3-2-4-8-18/h2-10,16-17,23H,11-15H2,1H3,(H,24,27). The number of ether oxygens (including phenoxy) is 1. The van der Waals surface area contributed by atoms with E-state index in [2.05, 4.69) is 22.5 Å². The third kappa shape index (κ3) is 4.34. The van der Waals surface area contributed by atoms with Gasteiger partial charge in [0.15, 0.2) is 0 Å². The van der Waals surface area contributed by atoms with Crippen molar-refractivity contribution in [3.05, 3.63) is 60.4 Å². The zero-order chi connectivity index (χ0) is 19.3. The summed E-state index contributed by atoms with van der Waals surface area (Å²) in [6.07, 6.45) is 1.92. The van der Waals surface area contributed by atoms with Gasteiger partial charge >= 0.3 is 0 Å². The quantitative estimate of drug-likeness (QED) is 0.692. The molecule has 2 aromatic carbocycles. The summed E-state index contributed by atoms with van der Waals surface area (Å²) in [7, 11) is 0. The summed E-state index contributed by atoms with van der Waals surface area (Å²) in [4.78, 5) is 17.4. The Morgan fingerprint density at radius 1 is 1.21 bits per heavy atom. The second-order valence-corrected chi connectivity index (χ2v) is 7.35. The number of fused-ring (bicyclic) bond motifs is 1. The van der Waals surface area contributed by atoms with Crippen molar-refractivity contribution in [2.24, 2.45) is 0 Å². The van der Waals surface area contributed by atoms with Gasteiger partial charge in [-0.15, -0.1) is 0 Å². The monoisotopic (exact) mass is 378 g/mol. The molecule has 1 saturated heterocycles. The van der Waals surface area contributed by atoms with E-state index in [1.54, 1.807) is 0 Å². The van der Waals surface area contributed by atoms with Gasteiger partial charge in [-0.05, 0) is 50.6 Å². The van der Waals surface area contributed by atoms with Crippen molar-refractivity contribution >= 4 is 16.9 Å². The average molecular weight is 378 g/mol. The average Bonchev–Trinajstić information content (AvgIpc) is 3.05. The molecule has 1 aliphatic rings. The molecule has 0 saturated carbocycles. The highest BCUT2D eigenvalue weighted by molar-refractivity contribution is 5.81. The first-order chi connectivity index (χ1) is 13.7. The van der Waals surface area contributed by atoms with Gasteiger partial charge in [-0.25, -0.2) is 4.98 Å². The van der Waals surface area contributed by atoms with E-state index in [-0.39, 0.29) is 18.5 Å². The van der Waals surface area contributed by atoms with E-state index in [1.807, 2.05) is 59.2 Å². The number of nitrogens with one attached hydrogen (secondary N) is 2. The smallest absolute Gasteiger partial charge is 0.240 e. The number of benzene rings is 2. The van der Waals surface area contributed by atoms with Crippen LogP contribution in [0.1, 0.15) is 25.6 Å². The third-order valence-corrected chi connectivity index (χ3v) is 5.14. The molecule has 6 heteroatoms. The largest absolute Gasteiger partial charge is 0.486 e. The van der Waals surface area contributed by atoms with Crippen LogP contribution in [0.3, 0.4) is 0 Å². The van der Waals surface area contributed by atoms with Crippen molar-refractivity contribution in [3.63, 3.8) is 0 Å². The Kier molecular flexibility index (Phi) is 5.58. The van der Waals surface area contributed by atoms with E-state index in [9.17, 15) is 4.79 Å². The second-order valence-electron chi connectivity index (χ2n) is 7.35. The summed E-state index contributed by atoms with van der Waals surface area (Å²) in [6.45, 7) is 3.65. The normalized spacial score (nSPS) is 19.5. The maximum Gasteiger partial charge on any atom is 0.240 e. The van der Waals surface area contributed by atoms with E-state index in [4.69, 9.17) is 4.74 Å². The topological polar surface area (TPSA) is 68.2 Å². The molecule has 1 aromatic heterocycles. The third-order valence-electron chi connectivity index (χ3n) is 5.14. The van der Waals surface area contributed by atoms with Crippen molar-refractivity contribution < 1.29 is 9.53 Å². The zero-order valence-corrected chi connectivity index (χ0v) is 16.1. The Labute approximate surface area is 164 Å². The minimum atomic E-state index is 0.0169. The number of rotatable bonds is 6. The van der Waals surface area contributed by atoms with E-state index in [0.717, 1.165) is 42.0 Å². The summed E-state index contributed by atoms with van der Waals surface area (Å²) in [6, 6.07) is 18.2. The number of imidazole rings is 1. The first-order valence-corrected chi connectivity index (χ1v) is 9.84. The van der Waals surface area contributed by atoms with Crippen LogP contribution in [0.5, 0.6) is 5.75 Å². The number of carbonyl (C=O) groups excluding carboxylic acids is 1. The van der Waals surface area contributed by atoms with Crippen LogP contribution in [0.25, 0.3) is 11.0 Å². The molecule has 2 unspecified atom stereocenters. The van der Waals surface area contributed by atoms with Crippen molar-refractivity contribution in [2.45, 2.75) is 45.0 Å². The molecule has 0 aliphatic carbocycles. The Balaban J connectivity index is 1.50. The molecular formula is C22H26N4O2. The van der Waals surface area contributed by atoms with Crippen LogP contribution in [0.4, 0.5) is 0 Å². The van der Waals surface area contributed by atoms with Crippen LogP contribution in [0.2, 0.25) is 0 Å². The molecule has 146 valence electrons. The molecule has 1 aliphatic heterocycles. The molecular weight excluding hydrogens is 352 g/mol. The number of hydrogen-bond donors (Lipinski definition) is 2. The van der Waals surface area contributed by atoms with Crippen LogP contribution >= 0.6 is 0 Å². The zero-order valence-electron chi connectivity index (χ0n) is 16.1. The molecule has 4 rings (SSSR count). The summed E-state index contributed by atoms with van der Waals surface area (Å²) in [5.74, 6) is 1.55. The van der Waals surface area contributed by atoms with Crippen LogP contribution < -0.4 is 15.4 Å². The number of para-hydroxylation sites is 3. The molecule has 2 atom stereocenters. The van der Waals surface area contributed by atoms with Crippen LogP contribution in [-0.4, -0.2) is 34.1 Å². The van der Waals surface area contributed by atoms with Crippen molar-refractivity contribution in [1.82, 2.24) is 20.2 Å². The van der Waals surface area contributed by atoms with Gasteiger partial charge in [0.1, 0.15) is 24.7 Å². The van der Waals surface area contributed by atoms with Crippen LogP contribution in [0, 0.1) is 0 Å². The first-order valence-electron chi connectivity index (χ1n) is 9.84. The predicted molar refractivity (Wildman–Crippen MR) is 109 cm³/mol. The molecule has 28 heavy (non-hydrogen) atoms. The summed E-state index contributed by atoms with van der Waals surface area (Å²) in [5, 5.41) is 6.60. The number of piperidine rings is 1. The molecule has 0 bridgehead atoms. The van der Waals surface area contributed by atoms with Crippen molar-refractivity contribution in [1.29, 1.82) is 0 Å². The van der Waals surface area contributed by atoms with E-state index in [0.29, 0.717) is 12.6 Å². The summed E-state index contributed by atoms with van der Waals surface area (Å²) < 4.78 is 7.84. The van der Waals surface area contributed by atoms with Crippen molar-refractivity contribution in [3.8, 4) is 5.75 Å². The number of nitrogens with zero attached hydrogens (tertiary/aromatic N) is 2. The molecule has 1 amide bonds. The fraction of sp³-hybridized carbons (Fsp3) is 0.364. The van der Waals surface area contributed by atoms with Crippen LogP contribution in [-0.2, 0) is 17.9 Å². The number of hydrogen-bond acceptors (Lipinski definition) is 4. The van der Waals surface area contributed by atoms with Gasteiger partial charge in [0.05, 0.1) is 11.0 Å². The molecule has 2 N–H and O–H groups in total. The molecule has 3 aromatic rings. The van der Waals surface area contributed by atoms with Crippen LogP contribution in [0.15, 0.2) is 54.6 Å². The molecule has 0 radical (unpaired) electrons. The lowest BCUT2D eigenvalue weighted by atomic mass is 10.0. The predicted octanol–water partition coefficient (Wildman–Crippen LogP) is 2.87. The SMILES string of the molecule is CC1CC(NC(=O)Cn2c(COc3ccccc3)nc3ccccc32)CCN1. The Bertz CT molecular complexity index is 938. The summed E-state index contributed by atoms with van der Waals surface area (Å²) >= 11 is 0. The van der Waals surface area contributed by atoms with Gasteiger partial charge in [0, 0.05) is 12.1 Å². The van der Waals surface area contributed by atoms with Gasteiger partial charge in [-0.1, -0.05) is 30.3 Å². The van der Waals surface area contributed by atoms with Crippen molar-refractivity contribution in [2.75, 3.05) is 6.54 Å². The molecule has 2 heterocycles. The molecule has 6 nitrogen and oxygen atoms in total. The van der Waals surface area contributed by atoms with Gasteiger partial charge in [0.2, 0.25) is 5.91 Å². The second kappa shape index (κ2) is 8.44. The fourth-order valence-electron chi connectivity index (χ4n) is 3.76. The number of aromatic nitrogens is 2. The van der Waals surface area contributed by atoms with Gasteiger partial charge in [0.25, 0.3) is 0 Å². The highest BCUT2D eigenvalue weighted by Gasteiger charge is 2.21.